The molecule has 1 aliphatic carbocycles. The first-order valence-corrected chi connectivity index (χ1v) is 8.65. The summed E-state index contributed by atoms with van der Waals surface area (Å²) < 4.78 is 25.5. The van der Waals surface area contributed by atoms with Crippen LogP contribution in [0.15, 0.2) is 52.0 Å². The van der Waals surface area contributed by atoms with Crippen molar-refractivity contribution in [2.75, 3.05) is 0 Å². The second-order valence-electron chi connectivity index (χ2n) is 4.92. The van der Waals surface area contributed by atoms with Crippen molar-refractivity contribution in [3.8, 4) is 0 Å². The maximum atomic E-state index is 12.7. The standard InChI is InChI=1S/C14H13Cl2NO4S/c1-9-7-11(12(15)14(16,8-17-19)13(9)18)22(20,21)10-5-3-2-4-6-10/h2-8,11-12,19H,1H3. The van der Waals surface area contributed by atoms with Gasteiger partial charge in [0.25, 0.3) is 0 Å². The topological polar surface area (TPSA) is 83.8 Å². The van der Waals surface area contributed by atoms with Gasteiger partial charge in [0, 0.05) is 0 Å². The van der Waals surface area contributed by atoms with E-state index in [0.29, 0.717) is 0 Å². The van der Waals surface area contributed by atoms with Crippen molar-refractivity contribution in [2.24, 2.45) is 5.16 Å². The molecule has 0 heterocycles. The Hall–Kier alpha value is -1.37. The third-order valence-electron chi connectivity index (χ3n) is 3.49. The third kappa shape index (κ3) is 2.66. The summed E-state index contributed by atoms with van der Waals surface area (Å²) in [5.41, 5.74) is 0.149. The second-order valence-corrected chi connectivity index (χ2v) is 8.12. The average Bonchev–Trinajstić information content (AvgIpc) is 2.50. The maximum Gasteiger partial charge on any atom is 0.186 e. The Balaban J connectivity index is 2.59. The molecule has 3 unspecified atom stereocenters. The van der Waals surface area contributed by atoms with Crippen LogP contribution in [0, 0.1) is 0 Å². The summed E-state index contributed by atoms with van der Waals surface area (Å²) in [5, 5.41) is 8.96. The number of benzene rings is 1. The van der Waals surface area contributed by atoms with E-state index in [1.54, 1.807) is 18.2 Å². The molecule has 0 amide bonds. The van der Waals surface area contributed by atoms with Crippen LogP contribution >= 0.6 is 23.2 Å². The number of allylic oxidation sites excluding steroid dienone is 1. The van der Waals surface area contributed by atoms with Crippen LogP contribution in [-0.4, -0.2) is 41.1 Å². The lowest BCUT2D eigenvalue weighted by molar-refractivity contribution is -0.116. The number of carbonyl (C=O) groups is 1. The van der Waals surface area contributed by atoms with Crippen molar-refractivity contribution in [1.82, 2.24) is 0 Å². The van der Waals surface area contributed by atoms with Crippen LogP contribution in [-0.2, 0) is 14.6 Å². The van der Waals surface area contributed by atoms with Crippen molar-refractivity contribution in [2.45, 2.75) is 27.3 Å². The quantitative estimate of drug-likeness (QED) is 0.387. The van der Waals surface area contributed by atoms with E-state index < -0.39 is 31.1 Å². The van der Waals surface area contributed by atoms with E-state index in [1.807, 2.05) is 0 Å². The molecule has 1 N–H and O–H groups in total. The highest BCUT2D eigenvalue weighted by Gasteiger charge is 2.53. The largest absolute Gasteiger partial charge is 0.411 e. The number of nitrogens with zero attached hydrogens (tertiary/aromatic N) is 1. The lowest BCUT2D eigenvalue weighted by Crippen LogP contribution is -2.54. The number of Topliss-reactive ketones (excluding diaryl/α,β-unsaturated/α-hetero) is 1. The molecule has 0 radical (unpaired) electrons. The average molecular weight is 362 g/mol. The van der Waals surface area contributed by atoms with Gasteiger partial charge >= 0.3 is 0 Å². The molecule has 1 aromatic rings. The lowest BCUT2D eigenvalue weighted by atomic mass is 9.87. The third-order valence-corrected chi connectivity index (χ3v) is 6.92. The fourth-order valence-corrected chi connectivity index (χ4v) is 5.10. The van der Waals surface area contributed by atoms with Gasteiger partial charge in [0.05, 0.1) is 16.5 Å². The normalized spacial score (nSPS) is 29.6. The van der Waals surface area contributed by atoms with Crippen LogP contribution in [0.1, 0.15) is 6.92 Å². The van der Waals surface area contributed by atoms with Crippen LogP contribution in [0.4, 0.5) is 0 Å². The molecule has 3 atom stereocenters. The minimum Gasteiger partial charge on any atom is -0.411 e. The monoisotopic (exact) mass is 361 g/mol. The van der Waals surface area contributed by atoms with Crippen LogP contribution in [0.3, 0.4) is 0 Å². The molecule has 1 aliphatic rings. The molecule has 0 saturated heterocycles. The summed E-state index contributed by atoms with van der Waals surface area (Å²) in [6.45, 7) is 1.45. The minimum absolute atomic E-state index is 0.0732. The smallest absolute Gasteiger partial charge is 0.186 e. The molecule has 8 heteroatoms. The Morgan fingerprint density at radius 1 is 1.32 bits per heavy atom. The molecule has 22 heavy (non-hydrogen) atoms. The molecule has 0 fully saturated rings. The molecular weight excluding hydrogens is 349 g/mol. The van der Waals surface area contributed by atoms with Gasteiger partial charge in [-0.15, -0.1) is 23.2 Å². The molecule has 5 nitrogen and oxygen atoms in total. The van der Waals surface area contributed by atoms with Gasteiger partial charge in [0.2, 0.25) is 0 Å². The van der Waals surface area contributed by atoms with E-state index in [0.717, 1.165) is 6.21 Å². The number of hydrogen-bond acceptors (Lipinski definition) is 5. The summed E-state index contributed by atoms with van der Waals surface area (Å²) in [6.07, 6.45) is 2.05. The van der Waals surface area contributed by atoms with Crippen LogP contribution in [0.5, 0.6) is 0 Å². The van der Waals surface area contributed by atoms with Crippen molar-refractivity contribution in [1.29, 1.82) is 0 Å². The molecule has 0 saturated carbocycles. The minimum atomic E-state index is -3.85. The zero-order valence-corrected chi connectivity index (χ0v) is 13.8. The van der Waals surface area contributed by atoms with Gasteiger partial charge in [-0.25, -0.2) is 8.42 Å². The highest BCUT2D eigenvalue weighted by atomic mass is 35.5. The Kier molecular flexibility index (Phi) is 4.65. The highest BCUT2D eigenvalue weighted by molar-refractivity contribution is 7.92. The van der Waals surface area contributed by atoms with Crippen molar-refractivity contribution >= 4 is 45.0 Å². The number of ketones is 1. The van der Waals surface area contributed by atoms with Gasteiger partial charge in [0.15, 0.2) is 20.5 Å². The van der Waals surface area contributed by atoms with Crippen LogP contribution < -0.4 is 0 Å². The fraction of sp³-hybridized carbons (Fsp3) is 0.286. The fourth-order valence-electron chi connectivity index (χ4n) is 2.30. The van der Waals surface area contributed by atoms with Crippen molar-refractivity contribution < 1.29 is 18.4 Å². The van der Waals surface area contributed by atoms with E-state index in [2.05, 4.69) is 5.16 Å². The second kappa shape index (κ2) is 6.02. The zero-order chi connectivity index (χ0) is 16.5. The number of oxime groups is 1. The number of alkyl halides is 2. The number of carbonyl (C=O) groups excluding carboxylic acids is 1. The van der Waals surface area contributed by atoms with Crippen molar-refractivity contribution in [3.63, 3.8) is 0 Å². The van der Waals surface area contributed by atoms with Gasteiger partial charge in [-0.2, -0.15) is 0 Å². The summed E-state index contributed by atoms with van der Waals surface area (Å²) in [7, 11) is -3.85. The molecular formula is C14H13Cl2NO4S. The van der Waals surface area contributed by atoms with E-state index >= 15 is 0 Å². The first kappa shape index (κ1) is 17.0. The van der Waals surface area contributed by atoms with Crippen molar-refractivity contribution in [3.05, 3.63) is 42.0 Å². The molecule has 0 aromatic heterocycles. The first-order valence-electron chi connectivity index (χ1n) is 6.29. The van der Waals surface area contributed by atoms with Gasteiger partial charge in [-0.05, 0) is 24.6 Å². The summed E-state index contributed by atoms with van der Waals surface area (Å²) in [4.78, 5) is 10.3. The Morgan fingerprint density at radius 3 is 2.45 bits per heavy atom. The lowest BCUT2D eigenvalue weighted by Gasteiger charge is -2.34. The Morgan fingerprint density at radius 2 is 1.91 bits per heavy atom. The first-order chi connectivity index (χ1) is 10.2. The molecule has 1 aromatic carbocycles. The molecule has 118 valence electrons. The van der Waals surface area contributed by atoms with Gasteiger partial charge in [-0.3, -0.25) is 4.79 Å². The Bertz CT molecular complexity index is 745. The summed E-state index contributed by atoms with van der Waals surface area (Å²) in [5.74, 6) is -0.591. The molecule has 0 spiro atoms. The molecule has 0 aliphatic heterocycles. The highest BCUT2D eigenvalue weighted by Crippen LogP contribution is 2.38. The zero-order valence-electron chi connectivity index (χ0n) is 11.5. The van der Waals surface area contributed by atoms with Crippen LogP contribution in [0.2, 0.25) is 0 Å². The summed E-state index contributed by atoms with van der Waals surface area (Å²) in [6, 6.07) is 7.74. The summed E-state index contributed by atoms with van der Waals surface area (Å²) >= 11 is 12.3. The molecule has 2 rings (SSSR count). The van der Waals surface area contributed by atoms with Gasteiger partial charge in [0.1, 0.15) is 5.25 Å². The molecule has 0 bridgehead atoms. The number of rotatable bonds is 3. The predicted octanol–water partition coefficient (Wildman–Crippen LogP) is 2.40. The predicted molar refractivity (Wildman–Crippen MR) is 84.7 cm³/mol. The van der Waals surface area contributed by atoms with Gasteiger partial charge in [-0.1, -0.05) is 29.4 Å². The SMILES string of the molecule is CC1=CC(S(=O)(=O)c2ccccc2)C(Cl)C(Cl)(C=NO)C1=O. The van der Waals surface area contributed by atoms with Gasteiger partial charge < -0.3 is 5.21 Å². The maximum absolute atomic E-state index is 12.7. The van der Waals surface area contributed by atoms with E-state index in [9.17, 15) is 13.2 Å². The number of sulfone groups is 1. The Labute approximate surface area is 138 Å². The van der Waals surface area contributed by atoms with Crippen LogP contribution in [0.25, 0.3) is 0 Å². The van der Waals surface area contributed by atoms with E-state index in [4.69, 9.17) is 28.4 Å². The number of hydrogen-bond donors (Lipinski definition) is 1. The number of halogens is 2. The van der Waals surface area contributed by atoms with E-state index in [1.165, 1.54) is 25.1 Å². The van der Waals surface area contributed by atoms with E-state index in [-0.39, 0.29) is 10.5 Å².